The number of benzene rings is 4. The molecule has 0 saturated carbocycles. The Bertz CT molecular complexity index is 1860. The zero-order chi connectivity index (χ0) is 31.1. The second-order valence-electron chi connectivity index (χ2n) is 10.5. The van der Waals surface area contributed by atoms with Crippen LogP contribution in [-0.4, -0.2) is 18.5 Å². The number of esters is 1. The highest BCUT2D eigenvalue weighted by atomic mass is 35.5. The van der Waals surface area contributed by atoms with Crippen molar-refractivity contribution in [2.75, 3.05) is 11.5 Å². The first kappa shape index (κ1) is 29.3. The topological polar surface area (TPSA) is 79.6 Å². The van der Waals surface area contributed by atoms with E-state index in [0.717, 1.165) is 5.56 Å². The first-order valence-corrected chi connectivity index (χ1v) is 14.7. The van der Waals surface area contributed by atoms with Gasteiger partial charge in [0.25, 0.3) is 0 Å². The molecule has 1 spiro atoms. The number of anilines is 1. The quantitative estimate of drug-likeness (QED) is 0.156. The van der Waals surface area contributed by atoms with Gasteiger partial charge in [-0.05, 0) is 36.8 Å². The molecule has 2 aliphatic rings. The summed E-state index contributed by atoms with van der Waals surface area (Å²) in [6, 6.07) is 32.8. The second-order valence-corrected chi connectivity index (χ2v) is 11.3. The van der Waals surface area contributed by atoms with Crippen LogP contribution in [0.15, 0.2) is 121 Å². The standard InChI is InChI=1S/C36H26Cl2N2O4/c1-3-43-33(41)23(2)36(26-18-27(37)20-28(38)19-26)35(30(21-39)32(44-36)25-14-8-5-9-15-25)29-16-10-11-17-31(29)40(34(35)42)22-24-12-6-4-7-13-24/h4-20H,2-3,22H2,1H3/t35-,36+/m1/s1. The number of amides is 1. The molecule has 6 rings (SSSR count). The van der Waals surface area contributed by atoms with Gasteiger partial charge in [-0.2, -0.15) is 5.26 Å². The number of carbonyl (C=O) groups excluding carboxylic acids is 2. The van der Waals surface area contributed by atoms with E-state index in [-0.39, 0.29) is 45.7 Å². The Balaban J connectivity index is 1.76. The molecule has 0 fully saturated rings. The van der Waals surface area contributed by atoms with E-state index in [1.165, 1.54) is 6.07 Å². The molecular weight excluding hydrogens is 595 g/mol. The fraction of sp³-hybridized carbons (Fsp3) is 0.139. The van der Waals surface area contributed by atoms with E-state index in [0.29, 0.717) is 16.8 Å². The van der Waals surface area contributed by atoms with Crippen LogP contribution >= 0.6 is 23.2 Å². The molecule has 6 nitrogen and oxygen atoms in total. The van der Waals surface area contributed by atoms with Gasteiger partial charge in [0.2, 0.25) is 5.91 Å². The monoisotopic (exact) mass is 620 g/mol. The number of hydrogen-bond donors (Lipinski definition) is 0. The molecule has 0 N–H and O–H groups in total. The van der Waals surface area contributed by atoms with E-state index < -0.39 is 22.9 Å². The number of para-hydroxylation sites is 1. The van der Waals surface area contributed by atoms with E-state index >= 15 is 4.79 Å². The third-order valence-corrected chi connectivity index (χ3v) is 8.53. The smallest absolute Gasteiger partial charge is 0.337 e. The third-order valence-electron chi connectivity index (χ3n) is 8.10. The fourth-order valence-corrected chi connectivity index (χ4v) is 6.90. The summed E-state index contributed by atoms with van der Waals surface area (Å²) in [6.45, 7) is 6.13. The maximum absolute atomic E-state index is 15.4. The maximum atomic E-state index is 15.4. The number of rotatable bonds is 7. The summed E-state index contributed by atoms with van der Waals surface area (Å²) >= 11 is 13.1. The number of hydrogen-bond acceptors (Lipinski definition) is 5. The number of fused-ring (bicyclic) bond motifs is 2. The van der Waals surface area contributed by atoms with Crippen LogP contribution in [0.2, 0.25) is 10.0 Å². The average Bonchev–Trinajstić information content (AvgIpc) is 3.48. The Hall–Kier alpha value is -4.83. The molecule has 4 aromatic rings. The van der Waals surface area contributed by atoms with Crippen LogP contribution < -0.4 is 4.90 Å². The largest absolute Gasteiger partial charge is 0.474 e. The first-order chi connectivity index (χ1) is 21.3. The van der Waals surface area contributed by atoms with Gasteiger partial charge in [0.05, 0.1) is 24.3 Å². The van der Waals surface area contributed by atoms with Crippen molar-refractivity contribution < 1.29 is 19.1 Å². The van der Waals surface area contributed by atoms with Crippen LogP contribution in [0.5, 0.6) is 0 Å². The van der Waals surface area contributed by atoms with Crippen LogP contribution in [0.3, 0.4) is 0 Å². The lowest BCUT2D eigenvalue weighted by Gasteiger charge is -2.42. The van der Waals surface area contributed by atoms with E-state index in [9.17, 15) is 10.1 Å². The molecule has 0 aliphatic carbocycles. The number of ether oxygens (including phenoxy) is 2. The van der Waals surface area contributed by atoms with Crippen molar-refractivity contribution in [2.24, 2.45) is 0 Å². The lowest BCUT2D eigenvalue weighted by Crippen LogP contribution is -2.56. The van der Waals surface area contributed by atoms with Gasteiger partial charge in [-0.1, -0.05) is 109 Å². The molecule has 2 aliphatic heterocycles. The van der Waals surface area contributed by atoms with Gasteiger partial charge in [0.1, 0.15) is 11.8 Å². The third kappa shape index (κ3) is 4.23. The molecule has 218 valence electrons. The molecule has 1 amide bonds. The van der Waals surface area contributed by atoms with Crippen molar-refractivity contribution in [3.8, 4) is 6.07 Å². The van der Waals surface area contributed by atoms with Crippen molar-refractivity contribution >= 4 is 46.5 Å². The summed E-state index contributed by atoms with van der Waals surface area (Å²) in [5, 5.41) is 11.5. The van der Waals surface area contributed by atoms with Crippen LogP contribution in [0.25, 0.3) is 5.76 Å². The maximum Gasteiger partial charge on any atom is 0.337 e. The second kappa shape index (κ2) is 11.3. The minimum absolute atomic E-state index is 0.0262. The summed E-state index contributed by atoms with van der Waals surface area (Å²) in [5.41, 5.74) is -1.33. The molecule has 4 aromatic carbocycles. The number of nitrogens with zero attached hydrogens (tertiary/aromatic N) is 2. The van der Waals surface area contributed by atoms with E-state index in [1.807, 2.05) is 48.5 Å². The minimum atomic E-state index is -2.01. The van der Waals surface area contributed by atoms with Crippen LogP contribution in [-0.2, 0) is 36.6 Å². The van der Waals surface area contributed by atoms with E-state index in [1.54, 1.807) is 60.4 Å². The van der Waals surface area contributed by atoms with Crippen LogP contribution in [0.1, 0.15) is 29.2 Å². The molecule has 0 aromatic heterocycles. The summed E-state index contributed by atoms with van der Waals surface area (Å²) in [6.07, 6.45) is 0. The van der Waals surface area contributed by atoms with Gasteiger partial charge in [0.15, 0.2) is 11.0 Å². The predicted octanol–water partition coefficient (Wildman–Crippen LogP) is 7.76. The highest BCUT2D eigenvalue weighted by Crippen LogP contribution is 2.66. The van der Waals surface area contributed by atoms with Crippen molar-refractivity contribution in [2.45, 2.75) is 24.5 Å². The highest BCUT2D eigenvalue weighted by molar-refractivity contribution is 6.34. The van der Waals surface area contributed by atoms with E-state index in [2.05, 4.69) is 12.6 Å². The van der Waals surface area contributed by atoms with Crippen LogP contribution in [0.4, 0.5) is 5.69 Å². The summed E-state index contributed by atoms with van der Waals surface area (Å²) in [7, 11) is 0. The van der Waals surface area contributed by atoms with Crippen molar-refractivity contribution in [1.29, 1.82) is 5.26 Å². The fourth-order valence-electron chi connectivity index (χ4n) is 6.37. The van der Waals surface area contributed by atoms with Gasteiger partial charge >= 0.3 is 5.97 Å². The lowest BCUT2D eigenvalue weighted by atomic mass is 9.59. The van der Waals surface area contributed by atoms with Gasteiger partial charge in [-0.3, -0.25) is 4.79 Å². The molecule has 0 saturated heterocycles. The summed E-state index contributed by atoms with van der Waals surface area (Å²) < 4.78 is 12.4. The summed E-state index contributed by atoms with van der Waals surface area (Å²) in [4.78, 5) is 30.8. The van der Waals surface area contributed by atoms with Crippen molar-refractivity contribution in [1.82, 2.24) is 0 Å². The van der Waals surface area contributed by atoms with Gasteiger partial charge in [0, 0.05) is 32.4 Å². The predicted molar refractivity (Wildman–Crippen MR) is 170 cm³/mol. The lowest BCUT2D eigenvalue weighted by molar-refractivity contribution is -0.143. The summed E-state index contributed by atoms with van der Waals surface area (Å²) in [5.74, 6) is -1.12. The molecule has 2 atom stereocenters. The zero-order valence-electron chi connectivity index (χ0n) is 23.7. The SMILES string of the molecule is C=C(C(=O)OCC)[C@@]1(c2cc(Cl)cc(Cl)c2)OC(c2ccccc2)=C(C#N)[C@]12C(=O)N(Cc1ccccc1)c1ccccc12. The number of nitriles is 1. The molecule has 8 heteroatoms. The normalized spacial score (nSPS) is 20.3. The molecular formula is C36H26Cl2N2O4. The number of carbonyl (C=O) groups is 2. The Morgan fingerprint density at radius 1 is 0.955 bits per heavy atom. The average molecular weight is 622 g/mol. The minimum Gasteiger partial charge on any atom is -0.474 e. The van der Waals surface area contributed by atoms with Crippen molar-refractivity contribution in [3.63, 3.8) is 0 Å². The Morgan fingerprint density at radius 2 is 1.57 bits per heavy atom. The highest BCUT2D eigenvalue weighted by Gasteiger charge is 2.74. The van der Waals surface area contributed by atoms with Crippen LogP contribution in [0, 0.1) is 11.3 Å². The Kier molecular flexibility index (Phi) is 7.54. The van der Waals surface area contributed by atoms with Gasteiger partial charge < -0.3 is 14.4 Å². The molecule has 0 bridgehead atoms. The van der Waals surface area contributed by atoms with Gasteiger partial charge in [-0.25, -0.2) is 4.79 Å². The Labute approximate surface area is 265 Å². The first-order valence-electron chi connectivity index (χ1n) is 14.0. The molecule has 2 heterocycles. The molecule has 44 heavy (non-hydrogen) atoms. The van der Waals surface area contributed by atoms with Gasteiger partial charge in [-0.15, -0.1) is 0 Å². The number of halogens is 2. The van der Waals surface area contributed by atoms with Crippen molar-refractivity contribution in [3.05, 3.63) is 153 Å². The Morgan fingerprint density at radius 3 is 2.20 bits per heavy atom. The molecule has 0 radical (unpaired) electrons. The van der Waals surface area contributed by atoms with E-state index in [4.69, 9.17) is 32.7 Å². The zero-order valence-corrected chi connectivity index (χ0v) is 25.2. The molecule has 0 unspecified atom stereocenters.